The summed E-state index contributed by atoms with van der Waals surface area (Å²) in [6, 6.07) is 77.6. The van der Waals surface area contributed by atoms with E-state index in [1.54, 1.807) is 0 Å². The largest absolute Gasteiger partial charge is 0.310 e. The molecule has 10 aromatic rings. The van der Waals surface area contributed by atoms with Crippen LogP contribution in [0.25, 0.3) is 54.2 Å². The molecular weight excluding hydrogens is 857 g/mol. The van der Waals surface area contributed by atoms with Crippen LogP contribution in [0.1, 0.15) is 81.4 Å². The van der Waals surface area contributed by atoms with E-state index in [9.17, 15) is 0 Å². The highest BCUT2D eigenvalue weighted by Gasteiger charge is 2.29. The highest BCUT2D eigenvalue weighted by molar-refractivity contribution is 6.23. The number of rotatable bonds is 11. The molecule has 0 N–H and O–H groups in total. The van der Waals surface area contributed by atoms with Crippen molar-refractivity contribution >= 4 is 71.5 Å². The molecule has 12 rings (SSSR count). The molecule has 2 aliphatic carbocycles. The van der Waals surface area contributed by atoms with Gasteiger partial charge < -0.3 is 9.80 Å². The minimum atomic E-state index is 0.272. The van der Waals surface area contributed by atoms with Gasteiger partial charge in [-0.25, -0.2) is 0 Å². The molecule has 2 nitrogen and oxygen atoms in total. The highest BCUT2D eigenvalue weighted by Crippen LogP contribution is 2.52. The van der Waals surface area contributed by atoms with E-state index in [0.717, 1.165) is 23.5 Å². The molecule has 0 heterocycles. The van der Waals surface area contributed by atoms with Gasteiger partial charge in [0.15, 0.2) is 0 Å². The van der Waals surface area contributed by atoms with Crippen LogP contribution in [0, 0.1) is 11.8 Å². The second-order valence-electron chi connectivity index (χ2n) is 20.6. The summed E-state index contributed by atoms with van der Waals surface area (Å²) in [6.45, 7) is 7.04. The lowest BCUT2D eigenvalue weighted by atomic mass is 9.82. The standard InChI is InChI=1S/C69H62N2/c1-47(2)56-32-39-65-67(46-56)69(70(61-35-30-52-21-13-15-25-57(52)44-61)59-33-28-54(29-34-59)51-19-9-5-10-20-51)64-38-27-50(42-49-17-7-4-8-18-49)43-66(64)68(65)71(62-36-31-53-22-14-16-26-58(53)45-62)60-37-40-63(48(3)41-60)55-23-11-6-12-24-55/h5-6,9-16,19-41,43-49,63H,4,7-8,17-18,42H2,1-3H3. The van der Waals surface area contributed by atoms with Crippen molar-refractivity contribution in [2.24, 2.45) is 11.8 Å². The molecule has 0 saturated heterocycles. The van der Waals surface area contributed by atoms with Crippen LogP contribution in [0.15, 0.2) is 230 Å². The minimum Gasteiger partial charge on any atom is -0.310 e. The first-order valence-corrected chi connectivity index (χ1v) is 26.1. The first-order valence-electron chi connectivity index (χ1n) is 26.1. The van der Waals surface area contributed by atoms with Gasteiger partial charge in [0.1, 0.15) is 0 Å². The molecule has 0 spiro atoms. The summed E-state index contributed by atoms with van der Waals surface area (Å²) in [7, 11) is 0. The van der Waals surface area contributed by atoms with Crippen molar-refractivity contribution in [1.82, 2.24) is 0 Å². The fourth-order valence-electron chi connectivity index (χ4n) is 11.9. The van der Waals surface area contributed by atoms with Crippen molar-refractivity contribution in [3.05, 3.63) is 247 Å². The molecule has 1 saturated carbocycles. The average molecular weight is 919 g/mol. The molecule has 10 aromatic carbocycles. The van der Waals surface area contributed by atoms with Crippen molar-refractivity contribution in [3.8, 4) is 11.1 Å². The van der Waals surface area contributed by atoms with Crippen LogP contribution in [0.2, 0.25) is 0 Å². The van der Waals surface area contributed by atoms with Crippen LogP contribution in [0.4, 0.5) is 28.4 Å². The Bertz CT molecular complexity index is 3600. The van der Waals surface area contributed by atoms with Gasteiger partial charge in [0.25, 0.3) is 0 Å². The van der Waals surface area contributed by atoms with E-state index in [1.165, 1.54) is 120 Å². The Morgan fingerprint density at radius 2 is 1.01 bits per heavy atom. The number of hydrogen-bond acceptors (Lipinski definition) is 2. The number of nitrogens with zero attached hydrogens (tertiary/aromatic N) is 2. The first kappa shape index (κ1) is 44.5. The van der Waals surface area contributed by atoms with Gasteiger partial charge in [0.2, 0.25) is 0 Å². The molecule has 0 bridgehead atoms. The maximum Gasteiger partial charge on any atom is 0.0620 e. The zero-order valence-corrected chi connectivity index (χ0v) is 41.3. The molecule has 348 valence electrons. The molecule has 71 heavy (non-hydrogen) atoms. The van der Waals surface area contributed by atoms with Crippen molar-refractivity contribution in [2.75, 3.05) is 9.80 Å². The summed E-state index contributed by atoms with van der Waals surface area (Å²) < 4.78 is 0. The zero-order valence-electron chi connectivity index (χ0n) is 41.3. The number of fused-ring (bicyclic) bond motifs is 4. The van der Waals surface area contributed by atoms with Gasteiger partial charge in [0, 0.05) is 50.2 Å². The van der Waals surface area contributed by atoms with Gasteiger partial charge >= 0.3 is 0 Å². The fraction of sp³-hybridized carbons (Fsp3) is 0.188. The van der Waals surface area contributed by atoms with Crippen molar-refractivity contribution in [2.45, 2.75) is 71.1 Å². The number of allylic oxidation sites excluding steroid dienone is 3. The van der Waals surface area contributed by atoms with Crippen LogP contribution < -0.4 is 9.80 Å². The van der Waals surface area contributed by atoms with Crippen molar-refractivity contribution in [1.29, 1.82) is 0 Å². The number of benzene rings is 10. The molecule has 2 atom stereocenters. The molecule has 2 heteroatoms. The topological polar surface area (TPSA) is 6.48 Å². The lowest BCUT2D eigenvalue weighted by molar-refractivity contribution is 0.357. The van der Waals surface area contributed by atoms with Crippen molar-refractivity contribution < 1.29 is 0 Å². The molecule has 0 amide bonds. The Balaban J connectivity index is 1.17. The Hall–Kier alpha value is -7.68. The van der Waals surface area contributed by atoms with E-state index in [0.29, 0.717) is 11.8 Å². The first-order chi connectivity index (χ1) is 34.9. The zero-order chi connectivity index (χ0) is 47.8. The third kappa shape index (κ3) is 8.71. The predicted octanol–water partition coefficient (Wildman–Crippen LogP) is 19.7. The molecule has 1 fully saturated rings. The third-order valence-electron chi connectivity index (χ3n) is 15.6. The van der Waals surface area contributed by atoms with E-state index in [4.69, 9.17) is 0 Å². The van der Waals surface area contributed by atoms with E-state index in [2.05, 4.69) is 255 Å². The lowest BCUT2D eigenvalue weighted by Crippen LogP contribution is -2.21. The van der Waals surface area contributed by atoms with Crippen LogP contribution >= 0.6 is 0 Å². The Morgan fingerprint density at radius 3 is 1.66 bits per heavy atom. The smallest absolute Gasteiger partial charge is 0.0620 e. The molecular formula is C69H62N2. The fourth-order valence-corrected chi connectivity index (χ4v) is 11.9. The quantitative estimate of drug-likeness (QED) is 0.0942. The van der Waals surface area contributed by atoms with E-state index < -0.39 is 0 Å². The summed E-state index contributed by atoms with van der Waals surface area (Å²) in [4.78, 5) is 5.18. The average Bonchev–Trinajstić information content (AvgIpc) is 3.42. The summed E-state index contributed by atoms with van der Waals surface area (Å²) in [5, 5.41) is 9.91. The minimum absolute atomic E-state index is 0.272. The summed E-state index contributed by atoms with van der Waals surface area (Å²) in [5.41, 5.74) is 13.6. The van der Waals surface area contributed by atoms with Crippen LogP contribution in [-0.4, -0.2) is 0 Å². The van der Waals surface area contributed by atoms with Gasteiger partial charge in [-0.15, -0.1) is 0 Å². The SMILES string of the molecule is CC(C)c1ccc2c(N(C3=CC(C)C(c4ccccc4)C=C3)c3ccc4ccccc4c3)c3cc(CC4CCCCC4)ccc3c(N(c3ccc(-c4ccccc4)cc3)c3ccc4ccccc4c3)c2c1. The summed E-state index contributed by atoms with van der Waals surface area (Å²) in [6.07, 6.45) is 15.1. The molecule has 0 aliphatic heterocycles. The normalized spacial score (nSPS) is 16.3. The Kier molecular flexibility index (Phi) is 12.1. The van der Waals surface area contributed by atoms with Crippen LogP contribution in [-0.2, 0) is 6.42 Å². The number of anilines is 5. The summed E-state index contributed by atoms with van der Waals surface area (Å²) in [5.74, 6) is 1.59. The maximum atomic E-state index is 2.61. The monoisotopic (exact) mass is 918 g/mol. The number of hydrogen-bond donors (Lipinski definition) is 0. The van der Waals surface area contributed by atoms with Crippen molar-refractivity contribution in [3.63, 3.8) is 0 Å². The van der Waals surface area contributed by atoms with Gasteiger partial charge in [-0.05, 0) is 128 Å². The molecule has 2 aliphatic rings. The van der Waals surface area contributed by atoms with Crippen LogP contribution in [0.5, 0.6) is 0 Å². The van der Waals surface area contributed by atoms with Gasteiger partial charge in [-0.3, -0.25) is 0 Å². The predicted molar refractivity (Wildman–Crippen MR) is 305 cm³/mol. The molecule has 0 radical (unpaired) electrons. The summed E-state index contributed by atoms with van der Waals surface area (Å²) >= 11 is 0. The van der Waals surface area contributed by atoms with Gasteiger partial charge in [-0.2, -0.15) is 0 Å². The Morgan fingerprint density at radius 1 is 0.465 bits per heavy atom. The van der Waals surface area contributed by atoms with Crippen LogP contribution in [0.3, 0.4) is 0 Å². The van der Waals surface area contributed by atoms with E-state index >= 15 is 0 Å². The lowest BCUT2D eigenvalue weighted by Gasteiger charge is -2.35. The van der Waals surface area contributed by atoms with E-state index in [-0.39, 0.29) is 11.8 Å². The highest BCUT2D eigenvalue weighted by atomic mass is 15.2. The third-order valence-corrected chi connectivity index (χ3v) is 15.6. The maximum absolute atomic E-state index is 2.61. The second-order valence-corrected chi connectivity index (χ2v) is 20.6. The van der Waals surface area contributed by atoms with E-state index in [1.807, 2.05) is 0 Å². The van der Waals surface area contributed by atoms with Gasteiger partial charge in [0.05, 0.1) is 11.4 Å². The molecule has 2 unspecified atom stereocenters. The second kappa shape index (κ2) is 19.3. The molecule has 0 aromatic heterocycles. The van der Waals surface area contributed by atoms with Gasteiger partial charge in [-0.1, -0.05) is 223 Å². The Labute approximate surface area is 420 Å².